The van der Waals surface area contributed by atoms with Crippen LogP contribution in [0, 0.1) is 5.41 Å². The molecular weight excluding hydrogens is 356 g/mol. The Labute approximate surface area is 183 Å². The average molecular weight is 411 g/mol. The predicted molar refractivity (Wildman–Crippen MR) is 129 cm³/mol. The zero-order valence-corrected chi connectivity index (χ0v) is 20.4. The van der Waals surface area contributed by atoms with Crippen molar-refractivity contribution in [3.8, 4) is 0 Å². The minimum absolute atomic E-state index is 0.237. The highest BCUT2D eigenvalue weighted by atomic mass is 16.4. The van der Waals surface area contributed by atoms with Crippen molar-refractivity contribution < 1.29 is 9.90 Å². The van der Waals surface area contributed by atoms with Gasteiger partial charge in [0.05, 0.1) is 0 Å². The molecule has 0 aromatic rings. The normalized spacial score (nSPS) is 11.8. The first kappa shape index (κ1) is 28.5. The van der Waals surface area contributed by atoms with Crippen LogP contribution in [0.1, 0.15) is 162 Å². The van der Waals surface area contributed by atoms with Crippen molar-refractivity contribution in [1.29, 1.82) is 0 Å². The molecule has 0 aromatic carbocycles. The van der Waals surface area contributed by atoms with Crippen molar-refractivity contribution >= 4 is 5.97 Å². The van der Waals surface area contributed by atoms with Gasteiger partial charge in [0, 0.05) is 6.42 Å². The van der Waals surface area contributed by atoms with Crippen LogP contribution in [0.4, 0.5) is 0 Å². The molecule has 0 aliphatic rings. The van der Waals surface area contributed by atoms with E-state index in [4.69, 9.17) is 5.11 Å². The number of carboxylic acids is 1. The molecule has 0 fully saturated rings. The highest BCUT2D eigenvalue weighted by Gasteiger charge is 2.24. The molecule has 0 bridgehead atoms. The molecule has 0 spiro atoms. The van der Waals surface area contributed by atoms with Gasteiger partial charge >= 0.3 is 5.97 Å². The second kappa shape index (κ2) is 20.7. The third-order valence-electron chi connectivity index (χ3n) is 6.71. The van der Waals surface area contributed by atoms with E-state index in [1.54, 1.807) is 0 Å². The lowest BCUT2D eigenvalue weighted by molar-refractivity contribution is -0.137. The second-order valence-corrected chi connectivity index (χ2v) is 9.86. The summed E-state index contributed by atoms with van der Waals surface area (Å²) in [6, 6.07) is 0. The van der Waals surface area contributed by atoms with Gasteiger partial charge in [0.2, 0.25) is 0 Å². The summed E-state index contributed by atoms with van der Waals surface area (Å²) in [7, 11) is 0. The van der Waals surface area contributed by atoms with Crippen LogP contribution in [-0.4, -0.2) is 11.1 Å². The smallest absolute Gasteiger partial charge is 0.303 e. The highest BCUT2D eigenvalue weighted by Crippen LogP contribution is 2.36. The third kappa shape index (κ3) is 20.5. The van der Waals surface area contributed by atoms with Crippen LogP contribution in [0.3, 0.4) is 0 Å². The molecule has 1 N–H and O–H groups in total. The summed E-state index contributed by atoms with van der Waals surface area (Å²) < 4.78 is 0. The summed E-state index contributed by atoms with van der Waals surface area (Å²) in [4.78, 5) is 11.1. The average Bonchev–Trinajstić information content (AvgIpc) is 2.70. The molecule has 2 heteroatoms. The zero-order chi connectivity index (χ0) is 21.6. The molecule has 29 heavy (non-hydrogen) atoms. The molecule has 0 saturated heterocycles. The van der Waals surface area contributed by atoms with Gasteiger partial charge in [0.1, 0.15) is 0 Å². The molecule has 0 heterocycles. The highest BCUT2D eigenvalue weighted by molar-refractivity contribution is 5.66. The van der Waals surface area contributed by atoms with E-state index >= 15 is 0 Å². The lowest BCUT2D eigenvalue weighted by atomic mass is 9.76. The Balaban J connectivity index is 3.89. The van der Waals surface area contributed by atoms with E-state index in [0.29, 0.717) is 6.42 Å². The van der Waals surface area contributed by atoms with E-state index in [1.807, 2.05) is 0 Å². The van der Waals surface area contributed by atoms with Crippen molar-refractivity contribution in [2.45, 2.75) is 162 Å². The first-order valence-electron chi connectivity index (χ1n) is 13.3. The van der Waals surface area contributed by atoms with Crippen LogP contribution in [0.5, 0.6) is 0 Å². The number of carboxylic acid groups (broad SMARTS) is 1. The topological polar surface area (TPSA) is 37.3 Å². The maximum absolute atomic E-state index is 11.1. The van der Waals surface area contributed by atoms with Gasteiger partial charge in [-0.3, -0.25) is 4.79 Å². The quantitative estimate of drug-likeness (QED) is 0.170. The molecule has 0 radical (unpaired) electrons. The zero-order valence-electron chi connectivity index (χ0n) is 20.4. The fourth-order valence-corrected chi connectivity index (χ4v) is 4.51. The van der Waals surface area contributed by atoms with Gasteiger partial charge in [0.15, 0.2) is 0 Å². The van der Waals surface area contributed by atoms with E-state index in [0.717, 1.165) is 6.42 Å². The van der Waals surface area contributed by atoms with E-state index in [2.05, 4.69) is 20.8 Å². The lowest BCUT2D eigenvalue weighted by Gasteiger charge is -2.29. The Morgan fingerprint density at radius 2 is 0.862 bits per heavy atom. The van der Waals surface area contributed by atoms with Crippen LogP contribution < -0.4 is 0 Å². The van der Waals surface area contributed by atoms with Crippen LogP contribution in [0.15, 0.2) is 0 Å². The molecule has 174 valence electrons. The third-order valence-corrected chi connectivity index (χ3v) is 6.71. The molecule has 0 atom stereocenters. The lowest BCUT2D eigenvalue weighted by Crippen LogP contribution is -2.18. The van der Waals surface area contributed by atoms with E-state index in [9.17, 15) is 4.79 Å². The summed E-state index contributed by atoms with van der Waals surface area (Å²) in [6.07, 6.45) is 28.2. The molecule has 0 aromatic heterocycles. The first-order chi connectivity index (χ1) is 14.0. The van der Waals surface area contributed by atoms with Gasteiger partial charge in [-0.15, -0.1) is 0 Å². The van der Waals surface area contributed by atoms with Gasteiger partial charge in [-0.25, -0.2) is 0 Å². The first-order valence-corrected chi connectivity index (χ1v) is 13.3. The molecular formula is C27H54O2. The molecule has 0 aliphatic heterocycles. The number of rotatable bonds is 23. The van der Waals surface area contributed by atoms with Crippen LogP contribution >= 0.6 is 0 Å². The number of aliphatic carboxylic acids is 1. The summed E-state index contributed by atoms with van der Waals surface area (Å²) in [5, 5.41) is 9.14. The van der Waals surface area contributed by atoms with Gasteiger partial charge < -0.3 is 5.11 Å². The number of carbonyl (C=O) groups is 1. The van der Waals surface area contributed by atoms with Crippen molar-refractivity contribution in [1.82, 2.24) is 0 Å². The van der Waals surface area contributed by atoms with Crippen LogP contribution in [0.25, 0.3) is 0 Å². The maximum atomic E-state index is 11.1. The fraction of sp³-hybridized carbons (Fsp3) is 0.963. The monoisotopic (exact) mass is 410 g/mol. The van der Waals surface area contributed by atoms with Crippen LogP contribution in [0.2, 0.25) is 0 Å². The van der Waals surface area contributed by atoms with Crippen molar-refractivity contribution in [3.63, 3.8) is 0 Å². The van der Waals surface area contributed by atoms with E-state index in [-0.39, 0.29) is 5.41 Å². The number of hydrogen-bond donors (Lipinski definition) is 1. The minimum Gasteiger partial charge on any atom is -0.481 e. The Hall–Kier alpha value is -0.530. The van der Waals surface area contributed by atoms with Gasteiger partial charge in [-0.05, 0) is 24.7 Å². The fourth-order valence-electron chi connectivity index (χ4n) is 4.51. The van der Waals surface area contributed by atoms with E-state index < -0.39 is 5.97 Å². The number of hydrogen-bond acceptors (Lipinski definition) is 1. The maximum Gasteiger partial charge on any atom is 0.303 e. The van der Waals surface area contributed by atoms with Crippen molar-refractivity contribution in [3.05, 3.63) is 0 Å². The Bertz CT molecular complexity index is 328. The molecule has 2 nitrogen and oxygen atoms in total. The molecule has 0 unspecified atom stereocenters. The van der Waals surface area contributed by atoms with E-state index in [1.165, 1.54) is 128 Å². The standard InChI is InChI=1S/C27H54O2/c1-4-6-8-10-12-14-16-18-20-23-27(3,25-22-26(28)29)24-21-19-17-15-13-11-9-7-5-2/h4-25H2,1-3H3,(H,28,29). The molecule has 0 saturated carbocycles. The van der Waals surface area contributed by atoms with Crippen LogP contribution in [-0.2, 0) is 4.79 Å². The molecule has 0 amide bonds. The Morgan fingerprint density at radius 1 is 0.552 bits per heavy atom. The summed E-state index contributed by atoms with van der Waals surface area (Å²) in [6.45, 7) is 6.90. The van der Waals surface area contributed by atoms with Gasteiger partial charge in [0.25, 0.3) is 0 Å². The number of unbranched alkanes of at least 4 members (excludes halogenated alkanes) is 16. The summed E-state index contributed by atoms with van der Waals surface area (Å²) in [5.41, 5.74) is 0.237. The van der Waals surface area contributed by atoms with Crippen molar-refractivity contribution in [2.24, 2.45) is 5.41 Å². The largest absolute Gasteiger partial charge is 0.481 e. The SMILES string of the molecule is CCCCCCCCCCCC(C)(CCCCCCCCCCC)CCC(=O)O. The Kier molecular flexibility index (Phi) is 20.4. The van der Waals surface area contributed by atoms with Gasteiger partial charge in [-0.2, -0.15) is 0 Å². The Morgan fingerprint density at radius 3 is 1.17 bits per heavy atom. The molecule has 0 aliphatic carbocycles. The second-order valence-electron chi connectivity index (χ2n) is 9.86. The van der Waals surface area contributed by atoms with Crippen molar-refractivity contribution in [2.75, 3.05) is 0 Å². The minimum atomic E-state index is -0.629. The predicted octanol–water partition coefficient (Wildman–Crippen LogP) is 9.70. The summed E-state index contributed by atoms with van der Waals surface area (Å²) >= 11 is 0. The molecule has 0 rings (SSSR count). The summed E-state index contributed by atoms with van der Waals surface area (Å²) in [5.74, 6) is -0.629. The van der Waals surface area contributed by atoms with Gasteiger partial charge in [-0.1, -0.05) is 136 Å².